The lowest BCUT2D eigenvalue weighted by atomic mass is 9.74. The second kappa shape index (κ2) is 4.73. The van der Waals surface area contributed by atoms with Crippen LogP contribution in [0.2, 0.25) is 0 Å². The number of benzene rings is 1. The molecule has 0 aromatic heterocycles. The number of alkyl halides is 3. The van der Waals surface area contributed by atoms with Crippen molar-refractivity contribution in [3.63, 3.8) is 0 Å². The molecular formula is C15H16F3NO2. The Morgan fingerprint density at radius 1 is 1.19 bits per heavy atom. The molecule has 1 unspecified atom stereocenters. The Balaban J connectivity index is 2.10. The van der Waals surface area contributed by atoms with Crippen LogP contribution in [0.15, 0.2) is 18.2 Å². The number of rotatable bonds is 1. The number of carbonyl (C=O) groups excluding carboxylic acids is 1. The van der Waals surface area contributed by atoms with E-state index in [1.165, 1.54) is 12.1 Å². The summed E-state index contributed by atoms with van der Waals surface area (Å²) >= 11 is 0. The van der Waals surface area contributed by atoms with Crippen molar-refractivity contribution in [1.82, 2.24) is 0 Å². The van der Waals surface area contributed by atoms with Crippen LogP contribution in [0.1, 0.15) is 43.2 Å². The monoisotopic (exact) mass is 299 g/mol. The van der Waals surface area contributed by atoms with Gasteiger partial charge in [-0.2, -0.15) is 13.2 Å². The Morgan fingerprint density at radius 2 is 1.86 bits per heavy atom. The van der Waals surface area contributed by atoms with Crippen molar-refractivity contribution in [2.75, 3.05) is 5.32 Å². The molecule has 1 saturated carbocycles. The van der Waals surface area contributed by atoms with Crippen LogP contribution in [-0.4, -0.2) is 11.0 Å². The average Bonchev–Trinajstić information content (AvgIpc) is 2.72. The molecule has 1 fully saturated rings. The molecule has 1 atom stereocenters. The maximum Gasteiger partial charge on any atom is 0.418 e. The van der Waals surface area contributed by atoms with Gasteiger partial charge in [-0.3, -0.25) is 4.79 Å². The molecular weight excluding hydrogens is 283 g/mol. The van der Waals surface area contributed by atoms with Crippen molar-refractivity contribution in [2.45, 2.75) is 43.9 Å². The summed E-state index contributed by atoms with van der Waals surface area (Å²) in [5.41, 5.74) is -2.96. The third-order valence-electron chi connectivity index (χ3n) is 4.56. The van der Waals surface area contributed by atoms with Crippen LogP contribution < -0.4 is 5.32 Å². The van der Waals surface area contributed by atoms with Crippen molar-refractivity contribution in [2.24, 2.45) is 5.92 Å². The first kappa shape index (κ1) is 14.4. The highest BCUT2D eigenvalue weighted by molar-refractivity contribution is 6.06. The minimum atomic E-state index is -4.56. The second-order valence-corrected chi connectivity index (χ2v) is 5.78. The minimum absolute atomic E-state index is 0.0641. The third-order valence-corrected chi connectivity index (χ3v) is 4.56. The molecule has 0 saturated heterocycles. The van der Waals surface area contributed by atoms with E-state index in [9.17, 15) is 23.1 Å². The minimum Gasteiger partial charge on any atom is -0.375 e. The van der Waals surface area contributed by atoms with E-state index >= 15 is 0 Å². The van der Waals surface area contributed by atoms with Gasteiger partial charge in [-0.05, 0) is 18.9 Å². The third kappa shape index (κ3) is 2.12. The number of carbonyl (C=O) groups is 1. The van der Waals surface area contributed by atoms with Crippen LogP contribution in [0.4, 0.5) is 18.9 Å². The van der Waals surface area contributed by atoms with E-state index < -0.39 is 23.2 Å². The number of amides is 1. The smallest absolute Gasteiger partial charge is 0.375 e. The van der Waals surface area contributed by atoms with E-state index in [-0.39, 0.29) is 17.2 Å². The molecule has 1 aromatic rings. The molecule has 1 aliphatic carbocycles. The Kier molecular flexibility index (Phi) is 3.24. The number of aliphatic hydroxyl groups is 1. The Labute approximate surface area is 120 Å². The van der Waals surface area contributed by atoms with Gasteiger partial charge in [0.1, 0.15) is 0 Å². The molecule has 1 amide bonds. The number of hydrogen-bond acceptors (Lipinski definition) is 2. The van der Waals surface area contributed by atoms with Crippen molar-refractivity contribution in [1.29, 1.82) is 0 Å². The summed E-state index contributed by atoms with van der Waals surface area (Å²) in [6, 6.07) is 3.58. The molecule has 2 N–H and O–H groups in total. The van der Waals surface area contributed by atoms with Crippen LogP contribution in [-0.2, 0) is 16.6 Å². The molecule has 1 aliphatic heterocycles. The van der Waals surface area contributed by atoms with Crippen molar-refractivity contribution in [3.05, 3.63) is 29.3 Å². The zero-order valence-corrected chi connectivity index (χ0v) is 11.3. The lowest BCUT2D eigenvalue weighted by Gasteiger charge is -2.33. The van der Waals surface area contributed by atoms with Gasteiger partial charge in [0.25, 0.3) is 5.91 Å². The summed E-state index contributed by atoms with van der Waals surface area (Å²) in [5, 5.41) is 13.1. The normalized spacial score (nSPS) is 26.6. The van der Waals surface area contributed by atoms with Crippen molar-refractivity contribution >= 4 is 11.6 Å². The molecule has 1 aromatic carbocycles. The topological polar surface area (TPSA) is 49.3 Å². The molecule has 3 nitrogen and oxygen atoms in total. The number of halogens is 3. The largest absolute Gasteiger partial charge is 0.418 e. The molecule has 1 heterocycles. The maximum atomic E-state index is 13.0. The summed E-state index contributed by atoms with van der Waals surface area (Å²) in [6.07, 6.45) is -0.456. The predicted molar refractivity (Wildman–Crippen MR) is 70.5 cm³/mol. The number of nitrogens with one attached hydrogen (secondary N) is 1. The molecule has 0 spiro atoms. The summed E-state index contributed by atoms with van der Waals surface area (Å²) in [6.45, 7) is 0. The van der Waals surface area contributed by atoms with Crippen LogP contribution in [0.3, 0.4) is 0 Å². The number of hydrogen-bond donors (Lipinski definition) is 2. The van der Waals surface area contributed by atoms with Gasteiger partial charge in [0.2, 0.25) is 0 Å². The van der Waals surface area contributed by atoms with E-state index in [1.807, 2.05) is 0 Å². The Morgan fingerprint density at radius 3 is 2.48 bits per heavy atom. The van der Waals surface area contributed by atoms with Gasteiger partial charge in [0, 0.05) is 11.5 Å². The number of fused-ring (bicyclic) bond motifs is 1. The Bertz CT molecular complexity index is 579. The van der Waals surface area contributed by atoms with Gasteiger partial charge in [-0.25, -0.2) is 0 Å². The number of para-hydroxylation sites is 1. The highest BCUT2D eigenvalue weighted by Crippen LogP contribution is 2.49. The second-order valence-electron chi connectivity index (χ2n) is 5.78. The summed E-state index contributed by atoms with van der Waals surface area (Å²) < 4.78 is 39.1. The first-order chi connectivity index (χ1) is 9.85. The quantitative estimate of drug-likeness (QED) is 0.834. The van der Waals surface area contributed by atoms with E-state index in [2.05, 4.69) is 5.32 Å². The lowest BCUT2D eigenvalue weighted by Crippen LogP contribution is -2.42. The highest BCUT2D eigenvalue weighted by atomic mass is 19.4. The molecule has 0 radical (unpaired) electrons. The maximum absolute atomic E-state index is 13.0. The average molecular weight is 299 g/mol. The van der Waals surface area contributed by atoms with Crippen molar-refractivity contribution in [3.8, 4) is 0 Å². The first-order valence-electron chi connectivity index (χ1n) is 7.09. The van der Waals surface area contributed by atoms with Gasteiger partial charge in [-0.15, -0.1) is 0 Å². The highest BCUT2D eigenvalue weighted by Gasteiger charge is 2.53. The van der Waals surface area contributed by atoms with Crippen LogP contribution >= 0.6 is 0 Å². The summed E-state index contributed by atoms with van der Waals surface area (Å²) in [5.74, 6) is -1.06. The van der Waals surface area contributed by atoms with Crippen LogP contribution in [0, 0.1) is 5.92 Å². The van der Waals surface area contributed by atoms with E-state index in [4.69, 9.17) is 0 Å². The van der Waals surface area contributed by atoms with Crippen LogP contribution in [0.5, 0.6) is 0 Å². The van der Waals surface area contributed by atoms with Gasteiger partial charge >= 0.3 is 6.18 Å². The summed E-state index contributed by atoms with van der Waals surface area (Å²) in [4.78, 5) is 12.2. The molecule has 114 valence electrons. The fourth-order valence-electron chi connectivity index (χ4n) is 3.50. The van der Waals surface area contributed by atoms with Crippen molar-refractivity contribution < 1.29 is 23.1 Å². The molecule has 6 heteroatoms. The van der Waals surface area contributed by atoms with E-state index in [0.717, 1.165) is 25.3 Å². The lowest BCUT2D eigenvalue weighted by molar-refractivity contribution is -0.141. The van der Waals surface area contributed by atoms with Crippen LogP contribution in [0.25, 0.3) is 0 Å². The Hall–Kier alpha value is -1.56. The van der Waals surface area contributed by atoms with Gasteiger partial charge in [0.15, 0.2) is 5.60 Å². The fourth-order valence-corrected chi connectivity index (χ4v) is 3.50. The predicted octanol–water partition coefficient (Wildman–Crippen LogP) is 3.43. The standard InChI is InChI=1S/C15H16F3NO2/c16-15(17,18)11-8-4-7-10-12(11)19-13(20)14(10,21)9-5-2-1-3-6-9/h4,7-9,21H,1-3,5-6H2,(H,19,20). The zero-order valence-electron chi connectivity index (χ0n) is 11.3. The van der Waals surface area contributed by atoms with Gasteiger partial charge in [0.05, 0.1) is 11.3 Å². The van der Waals surface area contributed by atoms with Gasteiger partial charge in [-0.1, -0.05) is 31.4 Å². The fraction of sp³-hybridized carbons (Fsp3) is 0.533. The van der Waals surface area contributed by atoms with E-state index in [0.29, 0.717) is 12.8 Å². The number of anilines is 1. The SMILES string of the molecule is O=C1Nc2c(C(F)(F)F)cccc2C1(O)C1CCCCC1. The molecule has 0 bridgehead atoms. The zero-order chi connectivity index (χ0) is 15.3. The molecule has 21 heavy (non-hydrogen) atoms. The molecule has 3 rings (SSSR count). The van der Waals surface area contributed by atoms with Gasteiger partial charge < -0.3 is 10.4 Å². The molecule has 2 aliphatic rings. The summed E-state index contributed by atoms with van der Waals surface area (Å²) in [7, 11) is 0. The first-order valence-corrected chi connectivity index (χ1v) is 7.09. The van der Waals surface area contributed by atoms with E-state index in [1.54, 1.807) is 0 Å².